The van der Waals surface area contributed by atoms with E-state index < -0.39 is 0 Å². The molecule has 0 spiro atoms. The maximum absolute atomic E-state index is 12.5. The average molecular weight is 495 g/mol. The van der Waals surface area contributed by atoms with Crippen molar-refractivity contribution in [3.63, 3.8) is 0 Å². The summed E-state index contributed by atoms with van der Waals surface area (Å²) in [6.07, 6.45) is 14.5. The summed E-state index contributed by atoms with van der Waals surface area (Å²) in [5.74, 6) is 0.0318. The van der Waals surface area contributed by atoms with Crippen LogP contribution in [0.1, 0.15) is 65.4 Å². The van der Waals surface area contributed by atoms with Gasteiger partial charge in [-0.25, -0.2) is 0 Å². The minimum atomic E-state index is 0.0318. The maximum Gasteiger partial charge on any atom is 0.270 e. The van der Waals surface area contributed by atoms with Crippen molar-refractivity contribution in [3.8, 4) is 11.1 Å². The fourth-order valence-corrected chi connectivity index (χ4v) is 2.90. The number of aromatic amines is 2. The van der Waals surface area contributed by atoms with Crippen LogP contribution in [-0.4, -0.2) is 52.3 Å². The van der Waals surface area contributed by atoms with Crippen molar-refractivity contribution in [2.45, 2.75) is 54.9 Å². The Morgan fingerprint density at radius 1 is 1.06 bits per heavy atom. The molecule has 3 heterocycles. The van der Waals surface area contributed by atoms with Crippen molar-refractivity contribution in [1.29, 1.82) is 0 Å². The van der Waals surface area contributed by atoms with E-state index in [0.29, 0.717) is 32.0 Å². The summed E-state index contributed by atoms with van der Waals surface area (Å²) in [4.78, 5) is 17.6. The van der Waals surface area contributed by atoms with Gasteiger partial charge in [-0.3, -0.25) is 9.89 Å². The van der Waals surface area contributed by atoms with Crippen LogP contribution >= 0.6 is 0 Å². The normalized spacial score (nSPS) is 12.4. The number of fused-ring (bicyclic) bond motifs is 1. The summed E-state index contributed by atoms with van der Waals surface area (Å²) in [5, 5.41) is 7.81. The van der Waals surface area contributed by atoms with E-state index in [1.165, 1.54) is 6.42 Å². The summed E-state index contributed by atoms with van der Waals surface area (Å²) < 4.78 is 5.29. The molecule has 0 unspecified atom stereocenters. The number of aromatic nitrogens is 3. The topological polar surface area (TPSA) is 74.0 Å². The second-order valence-electron chi connectivity index (χ2n) is 7.51. The van der Waals surface area contributed by atoms with Crippen LogP contribution < -0.4 is 0 Å². The SMILES string of the molecule is C/C=C\C.C=C/C=C\C.CC.CCC.O=C(c1cc2ccc(-c3cn[nH]c3)cc2[nH]1)N1CCOCC1. The van der Waals surface area contributed by atoms with Gasteiger partial charge >= 0.3 is 0 Å². The van der Waals surface area contributed by atoms with E-state index in [4.69, 9.17) is 4.74 Å². The largest absolute Gasteiger partial charge is 0.378 e. The molecular weight excluding hydrogens is 448 g/mol. The first-order valence-electron chi connectivity index (χ1n) is 12.9. The summed E-state index contributed by atoms with van der Waals surface area (Å²) in [5.41, 5.74) is 3.67. The molecule has 3 aromatic rings. The Hall–Kier alpha value is -3.38. The summed E-state index contributed by atoms with van der Waals surface area (Å²) in [7, 11) is 0. The fraction of sp³-hybridized carbons (Fsp3) is 0.400. The average Bonchev–Trinajstić information content (AvgIpc) is 3.61. The highest BCUT2D eigenvalue weighted by atomic mass is 16.5. The van der Waals surface area contributed by atoms with Gasteiger partial charge in [0, 0.05) is 35.8 Å². The number of carbonyl (C=O) groups is 1. The van der Waals surface area contributed by atoms with Crippen LogP contribution in [0, 0.1) is 0 Å². The quantitative estimate of drug-likeness (QED) is 0.288. The minimum Gasteiger partial charge on any atom is -0.378 e. The molecule has 1 aliphatic rings. The molecule has 198 valence electrons. The number of hydrogen-bond acceptors (Lipinski definition) is 3. The molecule has 1 fully saturated rings. The van der Waals surface area contributed by atoms with E-state index in [-0.39, 0.29) is 5.91 Å². The Labute approximate surface area is 218 Å². The predicted octanol–water partition coefficient (Wildman–Crippen LogP) is 7.80. The van der Waals surface area contributed by atoms with Crippen LogP contribution in [0.25, 0.3) is 22.0 Å². The third-order valence-electron chi connectivity index (χ3n) is 4.64. The summed E-state index contributed by atoms with van der Waals surface area (Å²) >= 11 is 0. The van der Waals surface area contributed by atoms with E-state index >= 15 is 0 Å². The fourth-order valence-electron chi connectivity index (χ4n) is 2.90. The standard InChI is InChI=1S/C16H16N4O2.C5H8.C4H8.C3H8.C2H6/c21-16(20-3-5-22-6-4-20)15-8-12-2-1-11(7-14(12)19-15)13-9-17-18-10-13;1-3-5-4-2;1-3-4-2;1-3-2;1-2/h1-2,7-10,19H,3-6H2,(H,17,18);3-5H,1H2,2H3;3-4H,1-2H3;3H2,1-2H3;1-2H3/b;5-4-;4-3-;;. The third-order valence-corrected chi connectivity index (χ3v) is 4.64. The summed E-state index contributed by atoms with van der Waals surface area (Å²) in [6.45, 7) is 20.2. The highest BCUT2D eigenvalue weighted by Gasteiger charge is 2.20. The molecule has 0 atom stereocenters. The number of ether oxygens (including phenoxy) is 1. The number of allylic oxidation sites excluding steroid dienone is 5. The van der Waals surface area contributed by atoms with Crippen LogP contribution in [0.5, 0.6) is 0 Å². The van der Waals surface area contributed by atoms with Gasteiger partial charge in [-0.15, -0.1) is 0 Å². The lowest BCUT2D eigenvalue weighted by molar-refractivity contribution is 0.0299. The molecule has 0 aliphatic carbocycles. The summed E-state index contributed by atoms with van der Waals surface area (Å²) in [6, 6.07) is 8.00. The molecule has 1 saturated heterocycles. The van der Waals surface area contributed by atoms with Crippen molar-refractivity contribution in [3.05, 3.63) is 79.3 Å². The molecule has 0 saturated carbocycles. The number of H-pyrrole nitrogens is 2. The molecule has 2 aromatic heterocycles. The lowest BCUT2D eigenvalue weighted by Crippen LogP contribution is -2.40. The molecular formula is C30H46N4O2. The van der Waals surface area contributed by atoms with E-state index in [1.807, 2.05) is 94.3 Å². The number of hydrogen-bond donors (Lipinski definition) is 2. The van der Waals surface area contributed by atoms with Crippen LogP contribution in [-0.2, 0) is 4.74 Å². The first-order valence-corrected chi connectivity index (χ1v) is 12.9. The van der Waals surface area contributed by atoms with E-state index in [9.17, 15) is 4.79 Å². The number of morpholine rings is 1. The minimum absolute atomic E-state index is 0.0318. The second-order valence-corrected chi connectivity index (χ2v) is 7.51. The molecule has 36 heavy (non-hydrogen) atoms. The second kappa shape index (κ2) is 20.9. The van der Waals surface area contributed by atoms with E-state index in [0.717, 1.165) is 22.0 Å². The predicted molar refractivity (Wildman–Crippen MR) is 155 cm³/mol. The van der Waals surface area contributed by atoms with Crippen molar-refractivity contribution in [1.82, 2.24) is 20.1 Å². The first-order chi connectivity index (χ1) is 17.6. The molecule has 4 rings (SSSR count). The zero-order valence-corrected chi connectivity index (χ0v) is 23.3. The smallest absolute Gasteiger partial charge is 0.270 e. The number of benzene rings is 1. The molecule has 6 heteroatoms. The van der Waals surface area contributed by atoms with Gasteiger partial charge in [0.1, 0.15) is 5.69 Å². The van der Waals surface area contributed by atoms with Gasteiger partial charge in [-0.2, -0.15) is 5.10 Å². The monoisotopic (exact) mass is 494 g/mol. The van der Waals surface area contributed by atoms with Gasteiger partial charge in [0.25, 0.3) is 5.91 Å². The van der Waals surface area contributed by atoms with Crippen LogP contribution in [0.2, 0.25) is 0 Å². The Balaban J connectivity index is 0.000000734. The van der Waals surface area contributed by atoms with Crippen LogP contribution in [0.3, 0.4) is 0 Å². The third kappa shape index (κ3) is 11.8. The van der Waals surface area contributed by atoms with Crippen LogP contribution in [0.4, 0.5) is 0 Å². The van der Waals surface area contributed by atoms with E-state index in [1.54, 1.807) is 12.3 Å². The Bertz CT molecular complexity index is 1010. The Kier molecular flexibility index (Phi) is 19.0. The Morgan fingerprint density at radius 3 is 2.17 bits per heavy atom. The van der Waals surface area contributed by atoms with Crippen molar-refractivity contribution < 1.29 is 9.53 Å². The molecule has 1 aliphatic heterocycles. The van der Waals surface area contributed by atoms with Crippen molar-refractivity contribution in [2.24, 2.45) is 0 Å². The van der Waals surface area contributed by atoms with Gasteiger partial charge in [0.15, 0.2) is 0 Å². The Morgan fingerprint density at radius 2 is 1.69 bits per heavy atom. The highest BCUT2D eigenvalue weighted by Crippen LogP contribution is 2.24. The van der Waals surface area contributed by atoms with Gasteiger partial charge in [0.05, 0.1) is 19.4 Å². The van der Waals surface area contributed by atoms with Crippen molar-refractivity contribution >= 4 is 16.8 Å². The number of amides is 1. The molecule has 0 bridgehead atoms. The number of nitrogens with zero attached hydrogens (tertiary/aromatic N) is 2. The van der Waals surface area contributed by atoms with Gasteiger partial charge < -0.3 is 14.6 Å². The first kappa shape index (κ1) is 32.6. The van der Waals surface area contributed by atoms with Gasteiger partial charge in [0.2, 0.25) is 0 Å². The number of rotatable bonds is 3. The number of carbonyl (C=O) groups excluding carboxylic acids is 1. The van der Waals surface area contributed by atoms with Crippen LogP contribution in [0.15, 0.2) is 73.6 Å². The maximum atomic E-state index is 12.5. The molecule has 0 radical (unpaired) electrons. The lowest BCUT2D eigenvalue weighted by Gasteiger charge is -2.26. The zero-order valence-electron chi connectivity index (χ0n) is 23.3. The zero-order chi connectivity index (χ0) is 27.2. The molecule has 6 nitrogen and oxygen atoms in total. The molecule has 1 amide bonds. The lowest BCUT2D eigenvalue weighted by atomic mass is 10.1. The van der Waals surface area contributed by atoms with E-state index in [2.05, 4.69) is 35.6 Å². The molecule has 1 aromatic carbocycles. The highest BCUT2D eigenvalue weighted by molar-refractivity contribution is 5.98. The van der Waals surface area contributed by atoms with Gasteiger partial charge in [-0.1, -0.05) is 83.2 Å². The van der Waals surface area contributed by atoms with Gasteiger partial charge in [-0.05, 0) is 38.5 Å². The molecule has 2 N–H and O–H groups in total. The van der Waals surface area contributed by atoms with Crippen molar-refractivity contribution in [2.75, 3.05) is 26.3 Å². The number of nitrogens with one attached hydrogen (secondary N) is 2.